The third kappa shape index (κ3) is 2.39. The third-order valence-corrected chi connectivity index (χ3v) is 2.89. The van der Waals surface area contributed by atoms with Crippen molar-refractivity contribution in [2.75, 3.05) is 0 Å². The quantitative estimate of drug-likeness (QED) is 0.690. The molecule has 76 valence electrons. The first-order valence-electron chi connectivity index (χ1n) is 5.16. The standard InChI is InChI=1S/C13H17Cl/c1-4-10-7-8-12(13(14)6-3)11(5-2)9-10/h6-9H,4-5H2,1-3H3/b13-6+. The lowest BCUT2D eigenvalue weighted by Gasteiger charge is -2.08. The van der Waals surface area contributed by atoms with Crippen molar-refractivity contribution in [2.24, 2.45) is 0 Å². The van der Waals surface area contributed by atoms with Gasteiger partial charge < -0.3 is 0 Å². The molecule has 0 bridgehead atoms. The van der Waals surface area contributed by atoms with E-state index in [4.69, 9.17) is 11.6 Å². The predicted octanol–water partition coefficient (Wildman–Crippen LogP) is 4.41. The molecule has 1 aromatic carbocycles. The van der Waals surface area contributed by atoms with Crippen LogP contribution in [-0.4, -0.2) is 0 Å². The number of benzene rings is 1. The fraction of sp³-hybridized carbons (Fsp3) is 0.385. The van der Waals surface area contributed by atoms with Gasteiger partial charge in [0.25, 0.3) is 0 Å². The lowest BCUT2D eigenvalue weighted by atomic mass is 10.0. The molecular weight excluding hydrogens is 192 g/mol. The average Bonchev–Trinajstić information content (AvgIpc) is 2.27. The van der Waals surface area contributed by atoms with Gasteiger partial charge in [-0.3, -0.25) is 0 Å². The van der Waals surface area contributed by atoms with Crippen LogP contribution in [0.3, 0.4) is 0 Å². The second-order valence-corrected chi connectivity index (χ2v) is 3.74. The van der Waals surface area contributed by atoms with Crippen molar-refractivity contribution in [1.29, 1.82) is 0 Å². The average molecular weight is 209 g/mol. The van der Waals surface area contributed by atoms with Gasteiger partial charge in [-0.15, -0.1) is 0 Å². The fourth-order valence-electron chi connectivity index (χ4n) is 1.55. The molecule has 14 heavy (non-hydrogen) atoms. The maximum Gasteiger partial charge on any atom is 0.0438 e. The van der Waals surface area contributed by atoms with E-state index < -0.39 is 0 Å². The molecule has 0 spiro atoms. The van der Waals surface area contributed by atoms with Crippen LogP contribution in [0.2, 0.25) is 0 Å². The van der Waals surface area contributed by atoms with E-state index in [1.165, 1.54) is 16.7 Å². The van der Waals surface area contributed by atoms with Gasteiger partial charge in [0.2, 0.25) is 0 Å². The highest BCUT2D eigenvalue weighted by Gasteiger charge is 2.04. The Labute approximate surface area is 91.6 Å². The topological polar surface area (TPSA) is 0 Å². The largest absolute Gasteiger partial charge is 0.0840 e. The van der Waals surface area contributed by atoms with E-state index in [-0.39, 0.29) is 0 Å². The van der Waals surface area contributed by atoms with E-state index >= 15 is 0 Å². The fourth-order valence-corrected chi connectivity index (χ4v) is 1.73. The van der Waals surface area contributed by atoms with Crippen molar-refractivity contribution >= 4 is 16.6 Å². The van der Waals surface area contributed by atoms with Crippen LogP contribution in [-0.2, 0) is 12.8 Å². The highest BCUT2D eigenvalue weighted by Crippen LogP contribution is 2.24. The van der Waals surface area contributed by atoms with E-state index in [1.807, 2.05) is 13.0 Å². The molecule has 0 aliphatic heterocycles. The van der Waals surface area contributed by atoms with Crippen LogP contribution in [0.4, 0.5) is 0 Å². The molecule has 0 atom stereocenters. The molecule has 0 unspecified atom stereocenters. The minimum Gasteiger partial charge on any atom is -0.0840 e. The van der Waals surface area contributed by atoms with Gasteiger partial charge >= 0.3 is 0 Å². The number of halogens is 1. The normalized spacial score (nSPS) is 11.9. The van der Waals surface area contributed by atoms with Crippen molar-refractivity contribution in [3.8, 4) is 0 Å². The van der Waals surface area contributed by atoms with Gasteiger partial charge in [0.15, 0.2) is 0 Å². The monoisotopic (exact) mass is 208 g/mol. The number of allylic oxidation sites excluding steroid dienone is 1. The van der Waals surface area contributed by atoms with Gasteiger partial charge in [-0.2, -0.15) is 0 Å². The minimum atomic E-state index is 0.851. The van der Waals surface area contributed by atoms with Crippen molar-refractivity contribution in [1.82, 2.24) is 0 Å². The summed E-state index contributed by atoms with van der Waals surface area (Å²) in [7, 11) is 0. The van der Waals surface area contributed by atoms with E-state index in [9.17, 15) is 0 Å². The Kier molecular flexibility index (Phi) is 4.21. The van der Waals surface area contributed by atoms with Crippen molar-refractivity contribution in [3.05, 3.63) is 41.0 Å². The Bertz CT molecular complexity index is 337. The number of hydrogen-bond donors (Lipinski definition) is 0. The van der Waals surface area contributed by atoms with Gasteiger partial charge in [-0.1, -0.05) is 49.7 Å². The molecule has 1 rings (SSSR count). The predicted molar refractivity (Wildman–Crippen MR) is 64.7 cm³/mol. The first kappa shape index (κ1) is 11.3. The molecule has 0 aliphatic carbocycles. The molecule has 0 aliphatic rings. The summed E-state index contributed by atoms with van der Waals surface area (Å²) in [4.78, 5) is 0. The van der Waals surface area contributed by atoms with Gasteiger partial charge in [-0.25, -0.2) is 0 Å². The molecule has 0 saturated carbocycles. The molecule has 0 aromatic heterocycles. The summed E-state index contributed by atoms with van der Waals surface area (Å²) in [5.74, 6) is 0. The highest BCUT2D eigenvalue weighted by atomic mass is 35.5. The van der Waals surface area contributed by atoms with Crippen LogP contribution < -0.4 is 0 Å². The number of aryl methyl sites for hydroxylation is 2. The maximum absolute atomic E-state index is 6.13. The molecule has 0 heterocycles. The van der Waals surface area contributed by atoms with Crippen molar-refractivity contribution in [3.63, 3.8) is 0 Å². The highest BCUT2D eigenvalue weighted by molar-refractivity contribution is 6.48. The summed E-state index contributed by atoms with van der Waals surface area (Å²) < 4.78 is 0. The van der Waals surface area contributed by atoms with Crippen LogP contribution in [0.15, 0.2) is 24.3 Å². The SMILES string of the molecule is C/C=C(/Cl)c1ccc(CC)cc1CC. The van der Waals surface area contributed by atoms with Crippen molar-refractivity contribution in [2.45, 2.75) is 33.6 Å². The van der Waals surface area contributed by atoms with Gasteiger partial charge in [-0.05, 0) is 36.5 Å². The molecule has 0 N–H and O–H groups in total. The van der Waals surface area contributed by atoms with E-state index in [2.05, 4.69) is 32.0 Å². The van der Waals surface area contributed by atoms with Gasteiger partial charge in [0.1, 0.15) is 0 Å². The Morgan fingerprint density at radius 2 is 2.00 bits per heavy atom. The Hall–Kier alpha value is -0.750. The second kappa shape index (κ2) is 5.21. The summed E-state index contributed by atoms with van der Waals surface area (Å²) in [6, 6.07) is 6.53. The number of rotatable bonds is 3. The molecule has 1 aromatic rings. The van der Waals surface area contributed by atoms with E-state index in [1.54, 1.807) is 0 Å². The summed E-state index contributed by atoms with van der Waals surface area (Å²) in [5, 5.41) is 0.851. The van der Waals surface area contributed by atoms with Crippen LogP contribution in [0, 0.1) is 0 Å². The lowest BCUT2D eigenvalue weighted by Crippen LogP contribution is -1.91. The second-order valence-electron chi connectivity index (χ2n) is 3.34. The van der Waals surface area contributed by atoms with Crippen LogP contribution in [0.5, 0.6) is 0 Å². The summed E-state index contributed by atoms with van der Waals surface area (Å²) >= 11 is 6.13. The van der Waals surface area contributed by atoms with Crippen LogP contribution in [0.25, 0.3) is 5.03 Å². The zero-order valence-electron chi connectivity index (χ0n) is 9.10. The molecular formula is C13H17Cl. The summed E-state index contributed by atoms with van der Waals surface area (Å²) in [6.45, 7) is 6.30. The van der Waals surface area contributed by atoms with E-state index in [0.29, 0.717) is 0 Å². The Morgan fingerprint density at radius 3 is 2.50 bits per heavy atom. The first-order valence-corrected chi connectivity index (χ1v) is 5.54. The molecule has 0 amide bonds. The third-order valence-electron chi connectivity index (χ3n) is 2.47. The first-order chi connectivity index (χ1) is 6.72. The van der Waals surface area contributed by atoms with Crippen LogP contribution >= 0.6 is 11.6 Å². The molecule has 0 fully saturated rings. The maximum atomic E-state index is 6.13. The Morgan fingerprint density at radius 1 is 1.29 bits per heavy atom. The Balaban J connectivity index is 3.18. The van der Waals surface area contributed by atoms with Gasteiger partial charge in [0, 0.05) is 5.03 Å². The lowest BCUT2D eigenvalue weighted by molar-refractivity contribution is 1.08. The summed E-state index contributed by atoms with van der Waals surface area (Å²) in [5.41, 5.74) is 3.90. The zero-order valence-corrected chi connectivity index (χ0v) is 9.86. The molecule has 0 radical (unpaired) electrons. The van der Waals surface area contributed by atoms with Gasteiger partial charge in [0.05, 0.1) is 0 Å². The number of hydrogen-bond acceptors (Lipinski definition) is 0. The molecule has 0 saturated heterocycles. The summed E-state index contributed by atoms with van der Waals surface area (Å²) in [6.07, 6.45) is 4.07. The zero-order chi connectivity index (χ0) is 10.6. The van der Waals surface area contributed by atoms with E-state index in [0.717, 1.165) is 17.9 Å². The molecule has 0 nitrogen and oxygen atoms in total. The minimum absolute atomic E-state index is 0.851. The molecule has 1 heteroatoms. The van der Waals surface area contributed by atoms with Crippen LogP contribution in [0.1, 0.15) is 37.5 Å². The van der Waals surface area contributed by atoms with Crippen molar-refractivity contribution < 1.29 is 0 Å². The smallest absolute Gasteiger partial charge is 0.0438 e.